The molecule has 0 amide bonds. The van der Waals surface area contributed by atoms with Crippen molar-refractivity contribution in [3.8, 4) is 0 Å². The van der Waals surface area contributed by atoms with Crippen LogP contribution in [0.15, 0.2) is 0 Å². The molecule has 0 aromatic rings. The summed E-state index contributed by atoms with van der Waals surface area (Å²) < 4.78 is 40.4. The molecule has 0 bridgehead atoms. The van der Waals surface area contributed by atoms with Crippen LogP contribution in [0.1, 0.15) is 27.2 Å². The van der Waals surface area contributed by atoms with Gasteiger partial charge in [0.05, 0.1) is 18.6 Å². The quantitative estimate of drug-likeness (QED) is 0.708. The van der Waals surface area contributed by atoms with E-state index in [-0.39, 0.29) is 12.1 Å². The van der Waals surface area contributed by atoms with Crippen molar-refractivity contribution in [3.63, 3.8) is 0 Å². The first-order valence-electron chi connectivity index (χ1n) is 4.62. The Bertz CT molecular complexity index is 133. The minimum absolute atomic E-state index is 0.0446. The fourth-order valence-corrected chi connectivity index (χ4v) is 0.785. The van der Waals surface area contributed by atoms with Crippen LogP contribution in [0.5, 0.6) is 0 Å². The molecule has 0 heterocycles. The molecule has 1 N–H and O–H groups in total. The first-order chi connectivity index (χ1) is 6.21. The molecular formula is C9H18F3NO. The molecule has 0 rings (SSSR count). The van der Waals surface area contributed by atoms with Gasteiger partial charge < -0.3 is 10.1 Å². The van der Waals surface area contributed by atoms with Gasteiger partial charge in [-0.05, 0) is 20.8 Å². The summed E-state index contributed by atoms with van der Waals surface area (Å²) in [4.78, 5) is 0. The van der Waals surface area contributed by atoms with Gasteiger partial charge in [-0.2, -0.15) is 13.2 Å². The van der Waals surface area contributed by atoms with Crippen LogP contribution in [-0.4, -0.2) is 31.5 Å². The van der Waals surface area contributed by atoms with E-state index in [2.05, 4.69) is 5.32 Å². The van der Waals surface area contributed by atoms with Crippen LogP contribution >= 0.6 is 0 Å². The number of halogens is 3. The Kier molecular flexibility index (Phi) is 5.44. The maximum absolute atomic E-state index is 11.7. The Hall–Kier alpha value is -0.290. The summed E-state index contributed by atoms with van der Waals surface area (Å²) in [6.45, 7) is 6.56. The van der Waals surface area contributed by atoms with Gasteiger partial charge in [-0.3, -0.25) is 0 Å². The Morgan fingerprint density at radius 1 is 1.07 bits per heavy atom. The largest absolute Gasteiger partial charge is 0.390 e. The minimum atomic E-state index is -4.07. The summed E-state index contributed by atoms with van der Waals surface area (Å²) in [6.07, 6.45) is -4.86. The van der Waals surface area contributed by atoms with Crippen molar-refractivity contribution in [1.82, 2.24) is 5.32 Å². The van der Waals surface area contributed by atoms with Crippen molar-refractivity contribution in [2.45, 2.75) is 39.0 Å². The van der Waals surface area contributed by atoms with Gasteiger partial charge in [0.15, 0.2) is 0 Å². The second-order valence-electron chi connectivity index (χ2n) is 4.08. The third kappa shape index (κ3) is 11.7. The van der Waals surface area contributed by atoms with Crippen molar-refractivity contribution in [2.24, 2.45) is 0 Å². The summed E-state index contributed by atoms with van der Waals surface area (Å²) in [5, 5.41) is 2.67. The summed E-state index contributed by atoms with van der Waals surface area (Å²) in [6, 6.07) is 0. The summed E-state index contributed by atoms with van der Waals surface area (Å²) >= 11 is 0. The van der Waals surface area contributed by atoms with Gasteiger partial charge in [0.1, 0.15) is 0 Å². The predicted octanol–water partition coefficient (Wildman–Crippen LogP) is 2.34. The van der Waals surface area contributed by atoms with Crippen LogP contribution in [0.3, 0.4) is 0 Å². The van der Waals surface area contributed by atoms with Gasteiger partial charge in [0.25, 0.3) is 0 Å². The van der Waals surface area contributed by atoms with Gasteiger partial charge in [-0.1, -0.05) is 0 Å². The Morgan fingerprint density at radius 3 is 2.07 bits per heavy atom. The van der Waals surface area contributed by atoms with E-state index in [1.54, 1.807) is 0 Å². The van der Waals surface area contributed by atoms with Gasteiger partial charge in [0.2, 0.25) is 0 Å². The van der Waals surface area contributed by atoms with E-state index < -0.39 is 12.6 Å². The zero-order valence-electron chi connectivity index (χ0n) is 8.87. The molecular weight excluding hydrogens is 195 g/mol. The Labute approximate surface area is 82.8 Å². The number of alkyl halides is 3. The lowest BCUT2D eigenvalue weighted by atomic mass is 10.2. The molecule has 0 fully saturated rings. The third-order valence-corrected chi connectivity index (χ3v) is 1.40. The number of nitrogens with one attached hydrogen (secondary N) is 1. The number of rotatable bonds is 5. The molecule has 0 radical (unpaired) electrons. The molecule has 0 saturated carbocycles. The molecule has 86 valence electrons. The molecule has 0 saturated heterocycles. The summed E-state index contributed by atoms with van der Waals surface area (Å²) in [5.74, 6) is 0. The van der Waals surface area contributed by atoms with Crippen LogP contribution in [0.4, 0.5) is 13.2 Å². The molecule has 14 heavy (non-hydrogen) atoms. The molecule has 0 aromatic carbocycles. The first kappa shape index (κ1) is 13.7. The van der Waals surface area contributed by atoms with Gasteiger partial charge in [0, 0.05) is 13.1 Å². The van der Waals surface area contributed by atoms with Crippen LogP contribution in [-0.2, 0) is 4.74 Å². The molecule has 0 spiro atoms. The van der Waals surface area contributed by atoms with Crippen LogP contribution in [0, 0.1) is 0 Å². The van der Waals surface area contributed by atoms with Crippen molar-refractivity contribution in [3.05, 3.63) is 0 Å². The highest BCUT2D eigenvalue weighted by molar-refractivity contribution is 4.60. The standard InChI is InChI=1S/C9H18F3NO/c1-8(2,3)14-7-6-13-5-4-9(10,11)12/h13H,4-7H2,1-3H3. The van der Waals surface area contributed by atoms with E-state index in [1.165, 1.54) is 0 Å². The molecule has 5 heteroatoms. The topological polar surface area (TPSA) is 21.3 Å². The lowest BCUT2D eigenvalue weighted by Crippen LogP contribution is -2.28. The lowest BCUT2D eigenvalue weighted by Gasteiger charge is -2.19. The van der Waals surface area contributed by atoms with E-state index >= 15 is 0 Å². The van der Waals surface area contributed by atoms with Gasteiger partial charge in [-0.25, -0.2) is 0 Å². The molecule has 0 atom stereocenters. The van der Waals surface area contributed by atoms with E-state index in [0.29, 0.717) is 13.2 Å². The molecule has 0 aliphatic heterocycles. The molecule has 2 nitrogen and oxygen atoms in total. The fourth-order valence-electron chi connectivity index (χ4n) is 0.785. The second-order valence-corrected chi connectivity index (χ2v) is 4.08. The summed E-state index contributed by atoms with van der Waals surface area (Å²) in [7, 11) is 0. The van der Waals surface area contributed by atoms with Crippen molar-refractivity contribution < 1.29 is 17.9 Å². The highest BCUT2D eigenvalue weighted by Crippen LogP contribution is 2.17. The smallest absolute Gasteiger partial charge is 0.375 e. The van der Waals surface area contributed by atoms with Crippen LogP contribution in [0.25, 0.3) is 0 Å². The van der Waals surface area contributed by atoms with E-state index in [9.17, 15) is 13.2 Å². The summed E-state index contributed by atoms with van der Waals surface area (Å²) in [5.41, 5.74) is -0.230. The van der Waals surface area contributed by atoms with Crippen LogP contribution in [0.2, 0.25) is 0 Å². The van der Waals surface area contributed by atoms with E-state index in [1.807, 2.05) is 20.8 Å². The fraction of sp³-hybridized carbons (Fsp3) is 1.00. The maximum atomic E-state index is 11.7. The first-order valence-corrected chi connectivity index (χ1v) is 4.62. The second kappa shape index (κ2) is 5.56. The number of hydrogen-bond acceptors (Lipinski definition) is 2. The normalized spacial score (nSPS) is 13.3. The number of hydrogen-bond donors (Lipinski definition) is 1. The Balaban J connectivity index is 3.23. The van der Waals surface area contributed by atoms with E-state index in [0.717, 1.165) is 0 Å². The predicted molar refractivity (Wildman–Crippen MR) is 49.2 cm³/mol. The van der Waals surface area contributed by atoms with Crippen molar-refractivity contribution >= 4 is 0 Å². The minimum Gasteiger partial charge on any atom is -0.375 e. The lowest BCUT2D eigenvalue weighted by molar-refractivity contribution is -0.133. The Morgan fingerprint density at radius 2 is 1.64 bits per heavy atom. The zero-order chi connectivity index (χ0) is 11.2. The molecule has 0 unspecified atom stereocenters. The molecule has 0 aliphatic rings. The maximum Gasteiger partial charge on any atom is 0.390 e. The number of ether oxygens (including phenoxy) is 1. The highest BCUT2D eigenvalue weighted by atomic mass is 19.4. The zero-order valence-corrected chi connectivity index (χ0v) is 8.87. The molecule has 0 aromatic heterocycles. The highest BCUT2D eigenvalue weighted by Gasteiger charge is 2.25. The third-order valence-electron chi connectivity index (χ3n) is 1.40. The van der Waals surface area contributed by atoms with E-state index in [4.69, 9.17) is 4.74 Å². The monoisotopic (exact) mass is 213 g/mol. The average Bonchev–Trinajstić information content (AvgIpc) is 1.92. The van der Waals surface area contributed by atoms with Gasteiger partial charge in [-0.15, -0.1) is 0 Å². The SMILES string of the molecule is CC(C)(C)OCCNCCC(F)(F)F. The van der Waals surface area contributed by atoms with Crippen molar-refractivity contribution in [1.29, 1.82) is 0 Å². The van der Waals surface area contributed by atoms with Crippen LogP contribution < -0.4 is 5.32 Å². The van der Waals surface area contributed by atoms with Gasteiger partial charge >= 0.3 is 6.18 Å². The average molecular weight is 213 g/mol. The van der Waals surface area contributed by atoms with Crippen molar-refractivity contribution in [2.75, 3.05) is 19.7 Å². The molecule has 0 aliphatic carbocycles.